The Balaban J connectivity index is 1.54. The van der Waals surface area contributed by atoms with E-state index >= 15 is 0 Å². The van der Waals surface area contributed by atoms with Crippen LogP contribution < -0.4 is 9.47 Å². The second kappa shape index (κ2) is 10.00. The van der Waals surface area contributed by atoms with Crippen molar-refractivity contribution in [1.82, 2.24) is 0 Å². The van der Waals surface area contributed by atoms with E-state index in [1.165, 1.54) is 19.1 Å². The molecular formula is C24H20F3NO4. The van der Waals surface area contributed by atoms with Gasteiger partial charge in [-0.2, -0.15) is 13.2 Å². The summed E-state index contributed by atoms with van der Waals surface area (Å²) in [6, 6.07) is 19.9. The predicted molar refractivity (Wildman–Crippen MR) is 113 cm³/mol. The lowest BCUT2D eigenvalue weighted by molar-refractivity contribution is -0.151. The van der Waals surface area contributed by atoms with E-state index in [4.69, 9.17) is 14.3 Å². The van der Waals surface area contributed by atoms with Crippen LogP contribution in [0.15, 0.2) is 84.0 Å². The van der Waals surface area contributed by atoms with Crippen LogP contribution in [0.3, 0.4) is 0 Å². The van der Waals surface area contributed by atoms with Crippen LogP contribution in [-0.4, -0.2) is 17.8 Å². The Morgan fingerprint density at radius 2 is 1.38 bits per heavy atom. The first-order chi connectivity index (χ1) is 15.2. The van der Waals surface area contributed by atoms with Gasteiger partial charge in [0.05, 0.1) is 11.3 Å². The molecule has 0 aromatic heterocycles. The van der Waals surface area contributed by atoms with Crippen molar-refractivity contribution in [2.24, 2.45) is 5.16 Å². The van der Waals surface area contributed by atoms with Crippen molar-refractivity contribution in [3.8, 4) is 17.2 Å². The van der Waals surface area contributed by atoms with E-state index in [0.717, 1.165) is 17.7 Å². The first kappa shape index (κ1) is 22.9. The van der Waals surface area contributed by atoms with Crippen molar-refractivity contribution < 1.29 is 32.3 Å². The molecule has 0 aliphatic rings. The molecule has 3 aromatic carbocycles. The second-order valence-corrected chi connectivity index (χ2v) is 6.81. The van der Waals surface area contributed by atoms with Gasteiger partial charge in [-0.15, -0.1) is 0 Å². The largest absolute Gasteiger partial charge is 0.479 e. The van der Waals surface area contributed by atoms with Crippen LogP contribution in [0.4, 0.5) is 13.2 Å². The van der Waals surface area contributed by atoms with Crippen molar-refractivity contribution in [3.63, 3.8) is 0 Å². The maximum Gasteiger partial charge on any atom is 0.416 e. The zero-order valence-electron chi connectivity index (χ0n) is 17.3. The molecule has 32 heavy (non-hydrogen) atoms. The van der Waals surface area contributed by atoms with E-state index in [-0.39, 0.29) is 5.75 Å². The Hall–Kier alpha value is -3.81. The molecule has 0 saturated carbocycles. The average Bonchev–Trinajstić information content (AvgIpc) is 2.79. The maximum absolute atomic E-state index is 12.6. The van der Waals surface area contributed by atoms with Gasteiger partial charge < -0.3 is 14.3 Å². The standard InChI is InChI=1S/C24H20F3NO4/c1-16(18-6-4-3-5-7-18)28-32-23(29)17(2)30-20-12-14-22(15-13-20)31-21-10-8-19(9-11-21)24(25,26)27/h3-15,17H,1-2H3/b28-16-. The summed E-state index contributed by atoms with van der Waals surface area (Å²) in [5.41, 5.74) is 0.631. The Morgan fingerprint density at radius 1 is 0.844 bits per heavy atom. The van der Waals surface area contributed by atoms with E-state index in [9.17, 15) is 18.0 Å². The SMILES string of the molecule is C/C(=N/OC(=O)C(C)Oc1ccc(Oc2ccc(C(F)(F)F)cc2)cc1)c1ccccc1. The fourth-order valence-electron chi connectivity index (χ4n) is 2.61. The quantitative estimate of drug-likeness (QED) is 0.247. The summed E-state index contributed by atoms with van der Waals surface area (Å²) in [5, 5.41) is 3.84. The van der Waals surface area contributed by atoms with Gasteiger partial charge in [0.15, 0.2) is 6.10 Å². The molecule has 0 aliphatic carbocycles. The molecule has 1 atom stereocenters. The van der Waals surface area contributed by atoms with E-state index in [1.54, 1.807) is 31.2 Å². The number of halogens is 3. The number of nitrogens with zero attached hydrogens (tertiary/aromatic N) is 1. The van der Waals surface area contributed by atoms with Gasteiger partial charge in [0.2, 0.25) is 0 Å². The minimum Gasteiger partial charge on any atom is -0.479 e. The van der Waals surface area contributed by atoms with Gasteiger partial charge in [0, 0.05) is 0 Å². The number of oxime groups is 1. The van der Waals surface area contributed by atoms with Crippen LogP contribution >= 0.6 is 0 Å². The van der Waals surface area contributed by atoms with Crippen LogP contribution in [0, 0.1) is 0 Å². The fraction of sp³-hybridized carbons (Fsp3) is 0.167. The van der Waals surface area contributed by atoms with Crippen molar-refractivity contribution in [2.75, 3.05) is 0 Å². The maximum atomic E-state index is 12.6. The van der Waals surface area contributed by atoms with Crippen LogP contribution in [0.2, 0.25) is 0 Å². The molecule has 0 fully saturated rings. The van der Waals surface area contributed by atoms with Crippen molar-refractivity contribution >= 4 is 11.7 Å². The summed E-state index contributed by atoms with van der Waals surface area (Å²) in [6.07, 6.45) is -5.31. The van der Waals surface area contributed by atoms with E-state index < -0.39 is 23.8 Å². The molecule has 0 N–H and O–H groups in total. The van der Waals surface area contributed by atoms with Crippen LogP contribution in [0.1, 0.15) is 25.0 Å². The van der Waals surface area contributed by atoms with Gasteiger partial charge in [0.1, 0.15) is 17.2 Å². The molecule has 0 aliphatic heterocycles. The van der Waals surface area contributed by atoms with Gasteiger partial charge >= 0.3 is 12.1 Å². The summed E-state index contributed by atoms with van der Waals surface area (Å²) in [5.74, 6) is 0.383. The molecule has 166 valence electrons. The Bertz CT molecular complexity index is 1060. The van der Waals surface area contributed by atoms with Crippen LogP contribution in [-0.2, 0) is 15.8 Å². The van der Waals surface area contributed by atoms with Gasteiger partial charge in [-0.3, -0.25) is 0 Å². The summed E-state index contributed by atoms with van der Waals surface area (Å²) < 4.78 is 48.9. The van der Waals surface area contributed by atoms with Crippen molar-refractivity contribution in [1.29, 1.82) is 0 Å². The van der Waals surface area contributed by atoms with E-state index in [0.29, 0.717) is 17.2 Å². The number of alkyl halides is 3. The second-order valence-electron chi connectivity index (χ2n) is 6.81. The van der Waals surface area contributed by atoms with E-state index in [2.05, 4.69) is 5.16 Å². The average molecular weight is 443 g/mol. The molecule has 0 radical (unpaired) electrons. The summed E-state index contributed by atoms with van der Waals surface area (Å²) in [4.78, 5) is 17.1. The molecule has 0 bridgehead atoms. The fourth-order valence-corrected chi connectivity index (χ4v) is 2.61. The number of benzene rings is 3. The number of carbonyl (C=O) groups excluding carboxylic acids is 1. The number of carbonyl (C=O) groups is 1. The Labute approximate surface area is 183 Å². The van der Waals surface area contributed by atoms with Crippen molar-refractivity contribution in [2.45, 2.75) is 26.1 Å². The number of rotatable bonds is 7. The minimum absolute atomic E-state index is 0.260. The molecule has 0 saturated heterocycles. The monoisotopic (exact) mass is 443 g/mol. The number of ether oxygens (including phenoxy) is 2. The third kappa shape index (κ3) is 6.34. The number of hydrogen-bond donors (Lipinski definition) is 0. The van der Waals surface area contributed by atoms with Gasteiger partial charge in [-0.05, 0) is 67.9 Å². The molecule has 1 unspecified atom stereocenters. The van der Waals surface area contributed by atoms with Crippen LogP contribution in [0.25, 0.3) is 0 Å². The highest BCUT2D eigenvalue weighted by Gasteiger charge is 2.30. The zero-order valence-corrected chi connectivity index (χ0v) is 17.3. The summed E-state index contributed by atoms with van der Waals surface area (Å²) >= 11 is 0. The predicted octanol–water partition coefficient (Wildman–Crippen LogP) is 6.23. The minimum atomic E-state index is -4.40. The van der Waals surface area contributed by atoms with Crippen molar-refractivity contribution in [3.05, 3.63) is 90.0 Å². The smallest absolute Gasteiger partial charge is 0.416 e. The third-order valence-electron chi connectivity index (χ3n) is 4.35. The molecule has 0 spiro atoms. The molecule has 3 aromatic rings. The highest BCUT2D eigenvalue weighted by atomic mass is 19.4. The lowest BCUT2D eigenvalue weighted by atomic mass is 10.1. The molecular weight excluding hydrogens is 423 g/mol. The normalized spacial score (nSPS) is 12.7. The summed E-state index contributed by atoms with van der Waals surface area (Å²) in [6.45, 7) is 3.26. The van der Waals surface area contributed by atoms with Gasteiger partial charge in [-0.25, -0.2) is 4.79 Å². The number of hydrogen-bond acceptors (Lipinski definition) is 5. The Kier molecular flexibility index (Phi) is 7.14. The zero-order chi connectivity index (χ0) is 23.1. The third-order valence-corrected chi connectivity index (χ3v) is 4.35. The van der Waals surface area contributed by atoms with Gasteiger partial charge in [-0.1, -0.05) is 35.5 Å². The molecule has 3 rings (SSSR count). The summed E-state index contributed by atoms with van der Waals surface area (Å²) in [7, 11) is 0. The highest BCUT2D eigenvalue weighted by Crippen LogP contribution is 2.31. The molecule has 0 heterocycles. The highest BCUT2D eigenvalue weighted by molar-refractivity contribution is 5.98. The Morgan fingerprint density at radius 3 is 1.94 bits per heavy atom. The topological polar surface area (TPSA) is 57.1 Å². The van der Waals surface area contributed by atoms with E-state index in [1.807, 2.05) is 30.3 Å². The molecule has 0 amide bonds. The lowest BCUT2D eigenvalue weighted by Crippen LogP contribution is -2.25. The first-order valence-corrected chi connectivity index (χ1v) is 9.65. The van der Waals surface area contributed by atoms with Crippen LogP contribution in [0.5, 0.6) is 17.2 Å². The molecule has 8 heteroatoms. The lowest BCUT2D eigenvalue weighted by Gasteiger charge is -2.13. The van der Waals surface area contributed by atoms with Gasteiger partial charge in [0.25, 0.3) is 0 Å². The first-order valence-electron chi connectivity index (χ1n) is 9.65. The molecule has 5 nitrogen and oxygen atoms in total.